The van der Waals surface area contributed by atoms with E-state index in [0.717, 1.165) is 22.8 Å². The number of para-hydroxylation sites is 2. The van der Waals surface area contributed by atoms with Crippen LogP contribution in [0.2, 0.25) is 0 Å². The average Bonchev–Trinajstić information content (AvgIpc) is 2.85. The third kappa shape index (κ3) is 1.37. The number of fused-ring (bicyclic) bond motifs is 3. The summed E-state index contributed by atoms with van der Waals surface area (Å²) >= 11 is 1.13. The van der Waals surface area contributed by atoms with Crippen molar-refractivity contribution in [2.75, 3.05) is 7.11 Å². The van der Waals surface area contributed by atoms with Gasteiger partial charge in [-0.1, -0.05) is 23.9 Å². The molecule has 1 unspecified atom stereocenters. The molecule has 3 rings (SSSR count). The molecule has 0 saturated carbocycles. The second-order valence-electron chi connectivity index (χ2n) is 3.58. The van der Waals surface area contributed by atoms with E-state index in [1.807, 2.05) is 24.3 Å². The largest absolute Gasteiger partial charge is 0.468 e. The van der Waals surface area contributed by atoms with Gasteiger partial charge in [-0.3, -0.25) is 14.2 Å². The average molecular weight is 248 g/mol. The summed E-state index contributed by atoms with van der Waals surface area (Å²) in [5, 5.41) is -0.279. The molecule has 1 aromatic heterocycles. The normalized spacial score (nSPS) is 18.4. The fourth-order valence-electron chi connectivity index (χ4n) is 1.82. The van der Waals surface area contributed by atoms with Crippen molar-refractivity contribution >= 4 is 34.7 Å². The van der Waals surface area contributed by atoms with E-state index < -0.39 is 11.2 Å². The van der Waals surface area contributed by atoms with Gasteiger partial charge in [-0.25, -0.2) is 4.98 Å². The summed E-state index contributed by atoms with van der Waals surface area (Å²) in [5.74, 6) is -0.819. The van der Waals surface area contributed by atoms with E-state index in [1.165, 1.54) is 11.7 Å². The molecular formula is C11H8N2O3S. The molecule has 0 saturated heterocycles. The molecule has 0 bridgehead atoms. The Bertz CT molecular complexity index is 635. The predicted molar refractivity (Wildman–Crippen MR) is 62.0 cm³/mol. The van der Waals surface area contributed by atoms with Gasteiger partial charge in [0.05, 0.1) is 18.1 Å². The Hall–Kier alpha value is -1.82. The van der Waals surface area contributed by atoms with Crippen LogP contribution in [0, 0.1) is 0 Å². The molecule has 17 heavy (non-hydrogen) atoms. The molecule has 0 N–H and O–H groups in total. The number of aromatic nitrogens is 2. The lowest BCUT2D eigenvalue weighted by atomic mass is 10.3. The summed E-state index contributed by atoms with van der Waals surface area (Å²) in [5.41, 5.74) is 1.48. The maximum absolute atomic E-state index is 12.1. The second kappa shape index (κ2) is 3.59. The number of esters is 1. The molecular weight excluding hydrogens is 240 g/mol. The van der Waals surface area contributed by atoms with Gasteiger partial charge in [0.15, 0.2) is 10.4 Å². The summed E-state index contributed by atoms with van der Waals surface area (Å²) in [6.45, 7) is 0. The lowest BCUT2D eigenvalue weighted by Crippen LogP contribution is -2.27. The van der Waals surface area contributed by atoms with Gasteiger partial charge >= 0.3 is 5.97 Å². The second-order valence-corrected chi connectivity index (χ2v) is 4.65. The molecule has 0 spiro atoms. The van der Waals surface area contributed by atoms with E-state index in [1.54, 1.807) is 0 Å². The van der Waals surface area contributed by atoms with Gasteiger partial charge in [0, 0.05) is 0 Å². The summed E-state index contributed by atoms with van der Waals surface area (Å²) < 4.78 is 6.07. The van der Waals surface area contributed by atoms with Crippen molar-refractivity contribution in [2.24, 2.45) is 0 Å². The lowest BCUT2D eigenvalue weighted by Gasteiger charge is -2.03. The highest BCUT2D eigenvalue weighted by Gasteiger charge is 2.40. The molecule has 1 aromatic carbocycles. The number of hydrogen-bond acceptors (Lipinski definition) is 5. The highest BCUT2D eigenvalue weighted by molar-refractivity contribution is 8.01. The fraction of sp³-hybridized carbons (Fsp3) is 0.182. The van der Waals surface area contributed by atoms with Crippen molar-refractivity contribution in [3.8, 4) is 0 Å². The van der Waals surface area contributed by atoms with Crippen LogP contribution in [0.25, 0.3) is 11.0 Å². The van der Waals surface area contributed by atoms with Crippen molar-refractivity contribution in [3.63, 3.8) is 0 Å². The van der Waals surface area contributed by atoms with E-state index in [0.29, 0.717) is 5.16 Å². The number of nitrogens with zero attached hydrogens (tertiary/aromatic N) is 2. The molecule has 2 heterocycles. The number of benzene rings is 1. The van der Waals surface area contributed by atoms with Crippen molar-refractivity contribution in [3.05, 3.63) is 24.3 Å². The number of hydrogen-bond donors (Lipinski definition) is 0. The Labute approximate surface area is 101 Å². The van der Waals surface area contributed by atoms with Gasteiger partial charge in [-0.2, -0.15) is 0 Å². The van der Waals surface area contributed by atoms with E-state index in [-0.39, 0.29) is 5.91 Å². The van der Waals surface area contributed by atoms with Crippen molar-refractivity contribution < 1.29 is 14.3 Å². The van der Waals surface area contributed by atoms with E-state index in [9.17, 15) is 9.59 Å². The standard InChI is InChI=1S/C11H8N2O3S/c1-16-10(15)8-9(14)13-7-5-3-2-4-6(7)12-11(13)17-8/h2-5,8H,1H3. The van der Waals surface area contributed by atoms with Crippen LogP contribution in [0.15, 0.2) is 29.4 Å². The number of rotatable bonds is 1. The van der Waals surface area contributed by atoms with Gasteiger partial charge in [0.2, 0.25) is 0 Å². The highest BCUT2D eigenvalue weighted by atomic mass is 32.2. The number of carbonyl (C=O) groups is 2. The number of ether oxygens (including phenoxy) is 1. The highest BCUT2D eigenvalue weighted by Crippen LogP contribution is 2.35. The summed E-state index contributed by atoms with van der Waals surface area (Å²) in [6, 6.07) is 7.34. The first-order chi connectivity index (χ1) is 8.22. The van der Waals surface area contributed by atoms with Crippen LogP contribution < -0.4 is 0 Å². The SMILES string of the molecule is COC(=O)C1Sc2nc3ccccc3n2C1=O. The van der Waals surface area contributed by atoms with Crippen LogP contribution in [-0.2, 0) is 9.53 Å². The van der Waals surface area contributed by atoms with Crippen LogP contribution in [0.3, 0.4) is 0 Å². The first-order valence-electron chi connectivity index (χ1n) is 4.98. The summed E-state index contributed by atoms with van der Waals surface area (Å²) in [4.78, 5) is 27.8. The molecule has 0 radical (unpaired) electrons. The maximum atomic E-state index is 12.1. The minimum atomic E-state index is -0.827. The fourth-order valence-corrected chi connectivity index (χ4v) is 2.88. The molecule has 0 fully saturated rings. The van der Waals surface area contributed by atoms with E-state index >= 15 is 0 Å². The minimum absolute atomic E-state index is 0.287. The van der Waals surface area contributed by atoms with Gasteiger partial charge in [0.25, 0.3) is 5.91 Å². The monoisotopic (exact) mass is 248 g/mol. The Kier molecular flexibility index (Phi) is 2.19. The molecule has 6 heteroatoms. The zero-order valence-corrected chi connectivity index (χ0v) is 9.73. The van der Waals surface area contributed by atoms with Crippen molar-refractivity contribution in [1.82, 2.24) is 9.55 Å². The quantitative estimate of drug-likeness (QED) is 0.562. The Morgan fingerprint density at radius 3 is 3.00 bits per heavy atom. The number of thioether (sulfide) groups is 1. The zero-order chi connectivity index (χ0) is 12.0. The molecule has 1 atom stereocenters. The van der Waals surface area contributed by atoms with Crippen LogP contribution in [0.5, 0.6) is 0 Å². The van der Waals surface area contributed by atoms with Crippen molar-refractivity contribution in [1.29, 1.82) is 0 Å². The topological polar surface area (TPSA) is 61.2 Å². The van der Waals surface area contributed by atoms with Gasteiger partial charge in [-0.15, -0.1) is 0 Å². The zero-order valence-electron chi connectivity index (χ0n) is 8.91. The smallest absolute Gasteiger partial charge is 0.329 e. The van der Waals surface area contributed by atoms with Crippen LogP contribution in [-0.4, -0.2) is 33.8 Å². The molecule has 5 nitrogen and oxygen atoms in total. The van der Waals surface area contributed by atoms with E-state index in [4.69, 9.17) is 0 Å². The van der Waals surface area contributed by atoms with Crippen molar-refractivity contribution in [2.45, 2.75) is 10.4 Å². The van der Waals surface area contributed by atoms with Crippen LogP contribution in [0.4, 0.5) is 0 Å². The van der Waals surface area contributed by atoms with Crippen LogP contribution >= 0.6 is 11.8 Å². The molecule has 1 aliphatic rings. The lowest BCUT2D eigenvalue weighted by molar-refractivity contribution is -0.139. The number of imidazole rings is 1. The van der Waals surface area contributed by atoms with E-state index in [2.05, 4.69) is 9.72 Å². The summed E-state index contributed by atoms with van der Waals surface area (Å²) in [6.07, 6.45) is 0. The summed E-state index contributed by atoms with van der Waals surface area (Å²) in [7, 11) is 1.27. The number of carbonyl (C=O) groups excluding carboxylic acids is 2. The third-order valence-corrected chi connectivity index (χ3v) is 3.73. The molecule has 86 valence electrons. The van der Waals surface area contributed by atoms with Gasteiger partial charge < -0.3 is 4.74 Å². The minimum Gasteiger partial charge on any atom is -0.468 e. The Morgan fingerprint density at radius 2 is 2.24 bits per heavy atom. The molecule has 2 aromatic rings. The first-order valence-corrected chi connectivity index (χ1v) is 5.86. The van der Waals surface area contributed by atoms with Gasteiger partial charge in [-0.05, 0) is 12.1 Å². The number of methoxy groups -OCH3 is 1. The third-order valence-electron chi connectivity index (χ3n) is 2.61. The Morgan fingerprint density at radius 1 is 1.47 bits per heavy atom. The first kappa shape index (κ1) is 10.3. The molecule has 1 aliphatic heterocycles. The van der Waals surface area contributed by atoms with Gasteiger partial charge in [0.1, 0.15) is 0 Å². The molecule has 0 aliphatic carbocycles. The Balaban J connectivity index is 2.13. The molecule has 0 amide bonds. The predicted octanol–water partition coefficient (Wildman–Crippen LogP) is 1.32. The van der Waals surface area contributed by atoms with Crippen LogP contribution in [0.1, 0.15) is 4.79 Å². The maximum Gasteiger partial charge on any atom is 0.329 e.